The van der Waals surface area contributed by atoms with Crippen molar-refractivity contribution in [1.82, 2.24) is 4.90 Å². The number of hydrogen-bond acceptors (Lipinski definition) is 3. The summed E-state index contributed by atoms with van der Waals surface area (Å²) in [7, 11) is 0. The van der Waals surface area contributed by atoms with Crippen LogP contribution in [0.3, 0.4) is 0 Å². The van der Waals surface area contributed by atoms with Gasteiger partial charge in [-0.05, 0) is 54.8 Å². The van der Waals surface area contributed by atoms with Crippen LogP contribution in [-0.2, 0) is 6.54 Å². The predicted octanol–water partition coefficient (Wildman–Crippen LogP) is 3.96. The fourth-order valence-electron chi connectivity index (χ4n) is 3.16. The molecule has 1 fully saturated rings. The van der Waals surface area contributed by atoms with E-state index in [1.54, 1.807) is 24.3 Å². The molecule has 138 valence electrons. The fraction of sp³-hybridized carbons (Fsp3) is 0.300. The molecule has 4 nitrogen and oxygen atoms in total. The highest BCUT2D eigenvalue weighted by molar-refractivity contribution is 6.30. The number of amides is 1. The molecule has 2 N–H and O–H groups in total. The topological polar surface area (TPSA) is 63.4 Å². The molecule has 0 unspecified atom stereocenters. The molecule has 0 saturated carbocycles. The smallest absolute Gasteiger partial charge is 0.253 e. The molecule has 0 spiro atoms. The summed E-state index contributed by atoms with van der Waals surface area (Å²) in [5.41, 5.74) is 7.94. The maximum absolute atomic E-state index is 12.6. The Morgan fingerprint density at radius 2 is 1.50 bits per heavy atom. The molecule has 0 aromatic heterocycles. The Hall–Kier alpha value is -1.88. The van der Waals surface area contributed by atoms with Crippen LogP contribution in [0.15, 0.2) is 48.5 Å². The van der Waals surface area contributed by atoms with Gasteiger partial charge in [0.1, 0.15) is 0 Å². The molecule has 1 aliphatic heterocycles. The van der Waals surface area contributed by atoms with Crippen molar-refractivity contribution >= 4 is 35.7 Å². The monoisotopic (exact) mass is 392 g/mol. The van der Waals surface area contributed by atoms with Crippen molar-refractivity contribution in [1.29, 1.82) is 0 Å². The second-order valence-corrected chi connectivity index (χ2v) is 6.78. The van der Waals surface area contributed by atoms with Crippen LogP contribution in [0.25, 0.3) is 0 Å². The third-order valence-corrected chi connectivity index (χ3v) is 4.97. The lowest BCUT2D eigenvalue weighted by molar-refractivity contribution is 0.0650. The minimum atomic E-state index is -0.0372. The molecule has 0 aliphatic carbocycles. The van der Waals surface area contributed by atoms with Gasteiger partial charge in [-0.1, -0.05) is 23.7 Å². The Morgan fingerprint density at radius 1 is 0.962 bits per heavy atom. The van der Waals surface area contributed by atoms with Crippen LogP contribution in [0.4, 0.5) is 0 Å². The molecule has 2 aromatic rings. The summed E-state index contributed by atoms with van der Waals surface area (Å²) in [6, 6.07) is 14.4. The molecule has 0 bridgehead atoms. The predicted molar refractivity (Wildman–Crippen MR) is 106 cm³/mol. The van der Waals surface area contributed by atoms with E-state index in [-0.39, 0.29) is 30.0 Å². The average Bonchev–Trinajstić information content (AvgIpc) is 2.67. The van der Waals surface area contributed by atoms with E-state index < -0.39 is 0 Å². The maximum atomic E-state index is 12.6. The maximum Gasteiger partial charge on any atom is 0.253 e. The van der Waals surface area contributed by atoms with Crippen LogP contribution in [0.5, 0.6) is 0 Å². The van der Waals surface area contributed by atoms with Gasteiger partial charge in [-0.25, -0.2) is 0 Å². The highest BCUT2D eigenvalue weighted by Crippen LogP contribution is 2.24. The summed E-state index contributed by atoms with van der Waals surface area (Å²) in [5.74, 6) is 0.113. The Kier molecular flexibility index (Phi) is 7.21. The quantitative estimate of drug-likeness (QED) is 0.800. The highest BCUT2D eigenvalue weighted by Gasteiger charge is 2.28. The van der Waals surface area contributed by atoms with Crippen molar-refractivity contribution in [2.45, 2.75) is 19.4 Å². The molecule has 0 radical (unpaired) electrons. The van der Waals surface area contributed by atoms with Crippen LogP contribution < -0.4 is 5.73 Å². The normalized spacial score (nSPS) is 14.6. The summed E-state index contributed by atoms with van der Waals surface area (Å²) in [4.78, 5) is 27.0. The van der Waals surface area contributed by atoms with Gasteiger partial charge in [0.15, 0.2) is 5.78 Å². The zero-order chi connectivity index (χ0) is 17.8. The summed E-state index contributed by atoms with van der Waals surface area (Å²) >= 11 is 5.87. The number of likely N-dealkylation sites (tertiary alicyclic amines) is 1. The minimum absolute atomic E-state index is 0. The number of carbonyl (C=O) groups excluding carboxylic acids is 2. The average molecular weight is 393 g/mol. The van der Waals surface area contributed by atoms with Crippen LogP contribution in [-0.4, -0.2) is 29.7 Å². The number of halogens is 2. The van der Waals surface area contributed by atoms with E-state index in [2.05, 4.69) is 0 Å². The van der Waals surface area contributed by atoms with Gasteiger partial charge in [0.05, 0.1) is 0 Å². The van der Waals surface area contributed by atoms with Crippen LogP contribution in [0, 0.1) is 5.92 Å². The van der Waals surface area contributed by atoms with Gasteiger partial charge < -0.3 is 10.6 Å². The van der Waals surface area contributed by atoms with Crippen molar-refractivity contribution < 1.29 is 9.59 Å². The first-order valence-electron chi connectivity index (χ1n) is 8.46. The van der Waals surface area contributed by atoms with Crippen LogP contribution in [0.1, 0.15) is 39.1 Å². The van der Waals surface area contributed by atoms with Crippen molar-refractivity contribution in [2.75, 3.05) is 13.1 Å². The van der Waals surface area contributed by atoms with Crippen molar-refractivity contribution in [3.63, 3.8) is 0 Å². The first kappa shape index (κ1) is 20.4. The van der Waals surface area contributed by atoms with Crippen LogP contribution >= 0.6 is 24.0 Å². The highest BCUT2D eigenvalue weighted by atomic mass is 35.5. The lowest BCUT2D eigenvalue weighted by Gasteiger charge is -2.31. The van der Waals surface area contributed by atoms with Gasteiger partial charge in [-0.15, -0.1) is 12.4 Å². The number of nitrogens with two attached hydrogens (primary N) is 1. The van der Waals surface area contributed by atoms with E-state index in [4.69, 9.17) is 17.3 Å². The largest absolute Gasteiger partial charge is 0.339 e. The number of carbonyl (C=O) groups is 2. The van der Waals surface area contributed by atoms with Gasteiger partial charge in [0, 0.05) is 41.7 Å². The van der Waals surface area contributed by atoms with Crippen molar-refractivity contribution in [3.05, 3.63) is 70.2 Å². The summed E-state index contributed by atoms with van der Waals surface area (Å²) < 4.78 is 0. The SMILES string of the molecule is Cl.NCc1ccc(C(=O)N2CCC(C(=O)c3ccc(Cl)cc3)CC2)cc1. The lowest BCUT2D eigenvalue weighted by atomic mass is 9.88. The number of piperidine rings is 1. The van der Waals surface area contributed by atoms with Crippen LogP contribution in [0.2, 0.25) is 5.02 Å². The number of rotatable bonds is 4. The van der Waals surface area contributed by atoms with E-state index in [1.807, 2.05) is 29.2 Å². The van der Waals surface area contributed by atoms with E-state index in [1.165, 1.54) is 0 Å². The van der Waals surface area contributed by atoms with E-state index in [9.17, 15) is 9.59 Å². The molecule has 0 atom stereocenters. The van der Waals surface area contributed by atoms with E-state index in [0.717, 1.165) is 5.56 Å². The number of hydrogen-bond donors (Lipinski definition) is 1. The van der Waals surface area contributed by atoms with Gasteiger partial charge in [0.2, 0.25) is 0 Å². The van der Waals surface area contributed by atoms with Gasteiger partial charge in [0.25, 0.3) is 5.91 Å². The molecule has 1 aliphatic rings. The zero-order valence-electron chi connectivity index (χ0n) is 14.4. The van der Waals surface area contributed by atoms with Gasteiger partial charge in [-0.2, -0.15) is 0 Å². The summed E-state index contributed by atoms with van der Waals surface area (Å²) in [6.07, 6.45) is 1.38. The molecule has 6 heteroatoms. The summed E-state index contributed by atoms with van der Waals surface area (Å²) in [5, 5.41) is 0.623. The Bertz CT molecular complexity index is 752. The van der Waals surface area contributed by atoms with Gasteiger partial charge in [-0.3, -0.25) is 9.59 Å². The number of ketones is 1. The molecular formula is C20H22Cl2N2O2. The minimum Gasteiger partial charge on any atom is -0.339 e. The number of nitrogens with zero attached hydrogens (tertiary/aromatic N) is 1. The third kappa shape index (κ3) is 4.64. The molecule has 2 aromatic carbocycles. The van der Waals surface area contributed by atoms with Crippen molar-refractivity contribution in [2.24, 2.45) is 11.7 Å². The third-order valence-electron chi connectivity index (χ3n) is 4.72. The Labute approximate surface area is 164 Å². The first-order chi connectivity index (χ1) is 12.1. The molecule has 1 amide bonds. The Balaban J connectivity index is 0.00000243. The fourth-order valence-corrected chi connectivity index (χ4v) is 3.29. The summed E-state index contributed by atoms with van der Waals surface area (Å²) in [6.45, 7) is 1.66. The molecule has 3 rings (SSSR count). The lowest BCUT2D eigenvalue weighted by Crippen LogP contribution is -2.40. The number of Topliss-reactive ketones (excluding diaryl/α,β-unsaturated/α-hetero) is 1. The first-order valence-corrected chi connectivity index (χ1v) is 8.84. The van der Waals surface area contributed by atoms with Gasteiger partial charge >= 0.3 is 0 Å². The van der Waals surface area contributed by atoms with E-state index in [0.29, 0.717) is 48.6 Å². The zero-order valence-corrected chi connectivity index (χ0v) is 15.9. The standard InChI is InChI=1S/C20H21ClN2O2.ClH/c21-18-7-5-15(6-8-18)19(24)16-9-11-23(12-10-16)20(25)17-3-1-14(13-22)2-4-17;/h1-8,16H,9-13,22H2;1H. The molecular weight excluding hydrogens is 371 g/mol. The van der Waals surface area contributed by atoms with Crippen molar-refractivity contribution in [3.8, 4) is 0 Å². The second kappa shape index (κ2) is 9.17. The molecule has 1 heterocycles. The molecule has 1 saturated heterocycles. The Morgan fingerprint density at radius 3 is 2.04 bits per heavy atom. The second-order valence-electron chi connectivity index (χ2n) is 6.34. The van der Waals surface area contributed by atoms with E-state index >= 15 is 0 Å². The number of benzene rings is 2. The molecule has 26 heavy (non-hydrogen) atoms.